The standard InChI is InChI=1S/C69H114NO8P/c1-3-5-7-9-11-13-15-17-19-21-23-25-26-27-28-29-30-31-32-33-34-35-36-37-38-39-40-42-44-46-48-50-52-54-56-58-60-62-69(72)78-67(66-77-79(73,74)76-64-63-70)65-75-68(71)61-59-57-55-53-51-49-47-45-43-41-24-22-20-18-16-14-12-10-8-6-4-2/h5,7,11,13,17,19,22-25,27-28,30-31,33-34,36-37,39-40,44,46,50,52,67H,3-4,6,8-10,12,14-16,18,20-21,26,29,32,35,38,41-43,45,47-49,51,53-66,70H2,1-2H3,(H,73,74)/b7-5-,13-11-,19-17-,24-22-,25-23-,28-27-,31-30-,34-33-,37-36-,40-39-,46-44-,52-50-. The number of carbonyl (C=O) groups excluding carboxylic acids is 2. The molecule has 2 atom stereocenters. The Morgan fingerprint density at radius 2 is 0.696 bits per heavy atom. The van der Waals surface area contributed by atoms with Gasteiger partial charge in [-0.1, -0.05) is 256 Å². The Bertz CT molecular complexity index is 1800. The van der Waals surface area contributed by atoms with Crippen molar-refractivity contribution in [1.29, 1.82) is 0 Å². The maximum Gasteiger partial charge on any atom is 0.472 e. The molecule has 0 radical (unpaired) electrons. The van der Waals surface area contributed by atoms with Crippen LogP contribution in [0.3, 0.4) is 0 Å². The molecule has 10 heteroatoms. The Kier molecular flexibility index (Phi) is 59.8. The topological polar surface area (TPSA) is 134 Å². The van der Waals surface area contributed by atoms with Gasteiger partial charge in [-0.05, 0) is 122 Å². The minimum Gasteiger partial charge on any atom is -0.462 e. The van der Waals surface area contributed by atoms with Crippen molar-refractivity contribution in [1.82, 2.24) is 0 Å². The van der Waals surface area contributed by atoms with Gasteiger partial charge in [0.05, 0.1) is 13.2 Å². The molecule has 3 N–H and O–H groups in total. The summed E-state index contributed by atoms with van der Waals surface area (Å²) in [6.07, 6.45) is 90.5. The van der Waals surface area contributed by atoms with E-state index in [4.69, 9.17) is 24.3 Å². The first-order valence-electron chi connectivity index (χ1n) is 31.3. The quantitative estimate of drug-likeness (QED) is 0.0264. The molecule has 79 heavy (non-hydrogen) atoms. The number of nitrogens with two attached hydrogens (primary N) is 1. The monoisotopic (exact) mass is 1120 g/mol. The molecule has 0 fully saturated rings. The number of phosphoric ester groups is 1. The van der Waals surface area contributed by atoms with E-state index in [0.29, 0.717) is 6.42 Å². The van der Waals surface area contributed by atoms with E-state index in [2.05, 4.69) is 160 Å². The molecule has 0 aromatic rings. The van der Waals surface area contributed by atoms with Gasteiger partial charge in [-0.3, -0.25) is 18.6 Å². The molecule has 0 heterocycles. The van der Waals surface area contributed by atoms with Crippen LogP contribution >= 0.6 is 7.82 Å². The number of hydrogen-bond donors (Lipinski definition) is 2. The molecule has 0 aliphatic rings. The van der Waals surface area contributed by atoms with Crippen LogP contribution in [0.2, 0.25) is 0 Å². The largest absolute Gasteiger partial charge is 0.472 e. The van der Waals surface area contributed by atoms with E-state index < -0.39 is 32.5 Å². The van der Waals surface area contributed by atoms with Crippen LogP contribution < -0.4 is 5.73 Å². The molecule has 0 aliphatic carbocycles. The molecule has 0 saturated heterocycles. The molecule has 448 valence electrons. The molecule has 0 aliphatic heterocycles. The maximum atomic E-state index is 12.7. The second kappa shape index (κ2) is 63.1. The molecule has 0 amide bonds. The highest BCUT2D eigenvalue weighted by Crippen LogP contribution is 2.43. The van der Waals surface area contributed by atoms with Crippen LogP contribution in [0.25, 0.3) is 0 Å². The molecule has 9 nitrogen and oxygen atoms in total. The number of rotatable bonds is 57. The van der Waals surface area contributed by atoms with Gasteiger partial charge in [-0.25, -0.2) is 4.57 Å². The number of unbranched alkanes of at least 4 members (excludes halogenated alkanes) is 20. The third-order valence-electron chi connectivity index (χ3n) is 12.7. The van der Waals surface area contributed by atoms with Crippen molar-refractivity contribution < 1.29 is 37.6 Å². The fraction of sp³-hybridized carbons (Fsp3) is 0.623. The number of carbonyl (C=O) groups is 2. The fourth-order valence-electron chi connectivity index (χ4n) is 8.11. The van der Waals surface area contributed by atoms with Crippen LogP contribution in [0.5, 0.6) is 0 Å². The Hall–Kier alpha value is -4.11. The Labute approximate surface area is 484 Å². The summed E-state index contributed by atoms with van der Waals surface area (Å²) >= 11 is 0. The first kappa shape index (κ1) is 74.9. The van der Waals surface area contributed by atoms with Gasteiger partial charge in [0.15, 0.2) is 6.10 Å². The average Bonchev–Trinajstić information content (AvgIpc) is 3.44. The summed E-state index contributed by atoms with van der Waals surface area (Å²) < 4.78 is 33.0. The lowest BCUT2D eigenvalue weighted by Gasteiger charge is -2.19. The highest BCUT2D eigenvalue weighted by Gasteiger charge is 2.26. The number of allylic oxidation sites excluding steroid dienone is 24. The lowest BCUT2D eigenvalue weighted by atomic mass is 10.1. The molecular formula is C69H114NO8P. The van der Waals surface area contributed by atoms with Crippen molar-refractivity contribution >= 4 is 19.8 Å². The fourth-order valence-corrected chi connectivity index (χ4v) is 8.87. The smallest absolute Gasteiger partial charge is 0.462 e. The molecule has 0 rings (SSSR count). The van der Waals surface area contributed by atoms with Crippen molar-refractivity contribution in [3.8, 4) is 0 Å². The van der Waals surface area contributed by atoms with E-state index in [1.54, 1.807) is 0 Å². The molecule has 0 bridgehead atoms. The van der Waals surface area contributed by atoms with Crippen molar-refractivity contribution in [2.24, 2.45) is 5.73 Å². The van der Waals surface area contributed by atoms with Crippen LogP contribution in [0.1, 0.15) is 245 Å². The molecule has 2 unspecified atom stereocenters. The van der Waals surface area contributed by atoms with Crippen LogP contribution in [0, 0.1) is 0 Å². The van der Waals surface area contributed by atoms with Crippen LogP contribution in [-0.4, -0.2) is 49.3 Å². The third kappa shape index (κ3) is 62.9. The molecular weight excluding hydrogens is 1000 g/mol. The molecule has 0 spiro atoms. The average molecular weight is 1120 g/mol. The Morgan fingerprint density at radius 3 is 1.06 bits per heavy atom. The van der Waals surface area contributed by atoms with Crippen LogP contribution in [0.4, 0.5) is 0 Å². The van der Waals surface area contributed by atoms with E-state index in [-0.39, 0.29) is 32.6 Å². The van der Waals surface area contributed by atoms with Gasteiger partial charge in [0.25, 0.3) is 0 Å². The summed E-state index contributed by atoms with van der Waals surface area (Å²) in [7, 11) is -4.41. The van der Waals surface area contributed by atoms with Crippen molar-refractivity contribution in [2.45, 2.75) is 251 Å². The Morgan fingerprint density at radius 1 is 0.392 bits per heavy atom. The van der Waals surface area contributed by atoms with E-state index in [0.717, 1.165) is 116 Å². The van der Waals surface area contributed by atoms with Gasteiger partial charge in [-0.15, -0.1) is 0 Å². The molecule has 0 saturated carbocycles. The van der Waals surface area contributed by atoms with Gasteiger partial charge in [0.1, 0.15) is 6.61 Å². The van der Waals surface area contributed by atoms with E-state index in [1.807, 2.05) is 0 Å². The minimum atomic E-state index is -4.41. The summed E-state index contributed by atoms with van der Waals surface area (Å²) in [5.74, 6) is -0.875. The molecule has 0 aromatic carbocycles. The van der Waals surface area contributed by atoms with Gasteiger partial charge < -0.3 is 20.1 Å². The number of phosphoric acid groups is 1. The minimum absolute atomic E-state index is 0.0401. The predicted octanol–water partition coefficient (Wildman–Crippen LogP) is 20.3. The van der Waals surface area contributed by atoms with Crippen LogP contribution in [0.15, 0.2) is 146 Å². The van der Waals surface area contributed by atoms with Crippen molar-refractivity contribution in [2.75, 3.05) is 26.4 Å². The number of hydrogen-bond acceptors (Lipinski definition) is 8. The van der Waals surface area contributed by atoms with E-state index >= 15 is 0 Å². The third-order valence-corrected chi connectivity index (χ3v) is 13.7. The summed E-state index contributed by atoms with van der Waals surface area (Å²) in [5, 5.41) is 0. The lowest BCUT2D eigenvalue weighted by Crippen LogP contribution is -2.29. The first-order chi connectivity index (χ1) is 38.8. The molecule has 0 aromatic heterocycles. The zero-order valence-electron chi connectivity index (χ0n) is 50.0. The highest BCUT2D eigenvalue weighted by atomic mass is 31.2. The normalized spacial score (nSPS) is 14.0. The summed E-state index contributed by atoms with van der Waals surface area (Å²) in [6.45, 7) is 3.58. The van der Waals surface area contributed by atoms with E-state index in [1.165, 1.54) is 96.3 Å². The SMILES string of the molecule is CC/C=C\C/C=C\C/C=C\C/C=C\C/C=C\C/C=C\C/C=C\C/C=C\C/C=C\C/C=C\C/C=C\CCCCCC(=O)OC(COC(=O)CCCCCCCCCCC/C=C\CCCCCCCCCC)COP(=O)(O)OCCN. The Balaban J connectivity index is 4.09. The first-order valence-corrected chi connectivity index (χ1v) is 32.8. The zero-order valence-corrected chi connectivity index (χ0v) is 50.9. The maximum absolute atomic E-state index is 12.7. The summed E-state index contributed by atoms with van der Waals surface area (Å²) in [4.78, 5) is 35.2. The van der Waals surface area contributed by atoms with Crippen molar-refractivity contribution in [3.05, 3.63) is 146 Å². The second-order valence-electron chi connectivity index (χ2n) is 20.2. The number of esters is 2. The van der Waals surface area contributed by atoms with Crippen LogP contribution in [-0.2, 0) is 32.7 Å². The van der Waals surface area contributed by atoms with Gasteiger partial charge in [0.2, 0.25) is 0 Å². The summed E-state index contributed by atoms with van der Waals surface area (Å²) in [5.41, 5.74) is 5.38. The second-order valence-corrected chi connectivity index (χ2v) is 21.6. The zero-order chi connectivity index (χ0) is 57.3. The highest BCUT2D eigenvalue weighted by molar-refractivity contribution is 7.47. The predicted molar refractivity (Wildman–Crippen MR) is 339 cm³/mol. The lowest BCUT2D eigenvalue weighted by molar-refractivity contribution is -0.161. The van der Waals surface area contributed by atoms with Gasteiger partial charge in [0, 0.05) is 19.4 Å². The summed E-state index contributed by atoms with van der Waals surface area (Å²) in [6, 6.07) is 0. The number of ether oxygens (including phenoxy) is 2. The van der Waals surface area contributed by atoms with E-state index in [9.17, 15) is 19.0 Å². The van der Waals surface area contributed by atoms with Gasteiger partial charge in [-0.2, -0.15) is 0 Å². The van der Waals surface area contributed by atoms with Gasteiger partial charge >= 0.3 is 19.8 Å². The van der Waals surface area contributed by atoms with Crippen molar-refractivity contribution in [3.63, 3.8) is 0 Å².